The number of benzene rings is 2. The van der Waals surface area contributed by atoms with Gasteiger partial charge in [0.05, 0.1) is 15.2 Å². The Labute approximate surface area is 140 Å². The summed E-state index contributed by atoms with van der Waals surface area (Å²) in [6, 6.07) is 14.2. The maximum Gasteiger partial charge on any atom is 0.224 e. The van der Waals surface area contributed by atoms with Gasteiger partial charge >= 0.3 is 0 Å². The van der Waals surface area contributed by atoms with E-state index in [2.05, 4.69) is 16.4 Å². The topological polar surface area (TPSA) is 42.0 Å². The van der Waals surface area contributed by atoms with Crippen LogP contribution in [0, 0.1) is 13.8 Å². The highest BCUT2D eigenvalue weighted by Crippen LogP contribution is 2.23. The molecule has 0 aliphatic heterocycles. The van der Waals surface area contributed by atoms with Gasteiger partial charge in [0, 0.05) is 12.1 Å². The highest BCUT2D eigenvalue weighted by atomic mass is 32.1. The third-order valence-electron chi connectivity index (χ3n) is 3.88. The number of rotatable bonds is 5. The Bertz CT molecular complexity index is 785. The van der Waals surface area contributed by atoms with Crippen LogP contribution >= 0.6 is 11.3 Å². The molecule has 1 heterocycles. The molecule has 0 saturated heterocycles. The molecule has 0 spiro atoms. The van der Waals surface area contributed by atoms with Crippen molar-refractivity contribution in [2.24, 2.45) is 0 Å². The van der Waals surface area contributed by atoms with Crippen molar-refractivity contribution in [3.8, 4) is 0 Å². The van der Waals surface area contributed by atoms with Gasteiger partial charge in [-0.3, -0.25) is 4.79 Å². The number of hydrogen-bond acceptors (Lipinski definition) is 3. The van der Waals surface area contributed by atoms with Gasteiger partial charge in [0.25, 0.3) is 0 Å². The van der Waals surface area contributed by atoms with Crippen molar-refractivity contribution >= 4 is 33.1 Å². The Hall–Kier alpha value is -2.20. The zero-order valence-corrected chi connectivity index (χ0v) is 14.2. The number of carbonyl (C=O) groups excluding carboxylic acids is 1. The van der Waals surface area contributed by atoms with E-state index in [1.54, 1.807) is 11.3 Å². The Morgan fingerprint density at radius 2 is 1.83 bits per heavy atom. The fraction of sp³-hybridized carbons (Fsp3) is 0.263. The molecule has 0 fully saturated rings. The second kappa shape index (κ2) is 6.92. The molecule has 1 aromatic heterocycles. The van der Waals surface area contributed by atoms with Crippen LogP contribution in [-0.2, 0) is 11.2 Å². The lowest BCUT2D eigenvalue weighted by Gasteiger charge is -2.11. The maximum atomic E-state index is 12.2. The van der Waals surface area contributed by atoms with Crippen molar-refractivity contribution in [3.05, 3.63) is 58.6 Å². The lowest BCUT2D eigenvalue weighted by atomic mass is 10.1. The maximum absolute atomic E-state index is 12.2. The van der Waals surface area contributed by atoms with Gasteiger partial charge in [-0.15, -0.1) is 11.3 Å². The normalized spacial score (nSPS) is 10.9. The van der Waals surface area contributed by atoms with Gasteiger partial charge in [-0.25, -0.2) is 4.98 Å². The number of nitrogens with zero attached hydrogens (tertiary/aromatic N) is 1. The Morgan fingerprint density at radius 1 is 1.09 bits per heavy atom. The van der Waals surface area contributed by atoms with Crippen molar-refractivity contribution in [1.82, 2.24) is 4.98 Å². The van der Waals surface area contributed by atoms with Gasteiger partial charge in [0.1, 0.15) is 0 Å². The van der Waals surface area contributed by atoms with E-state index in [-0.39, 0.29) is 5.91 Å². The Morgan fingerprint density at radius 3 is 2.57 bits per heavy atom. The first-order valence-electron chi connectivity index (χ1n) is 7.84. The molecular weight excluding hydrogens is 304 g/mol. The van der Waals surface area contributed by atoms with E-state index in [1.165, 1.54) is 4.70 Å². The van der Waals surface area contributed by atoms with Crippen molar-refractivity contribution in [3.63, 3.8) is 0 Å². The fourth-order valence-electron chi connectivity index (χ4n) is 2.64. The quantitative estimate of drug-likeness (QED) is 0.727. The number of nitrogens with one attached hydrogen (secondary N) is 1. The molecule has 1 N–H and O–H groups in total. The molecule has 0 aliphatic rings. The molecule has 0 saturated carbocycles. The summed E-state index contributed by atoms with van der Waals surface area (Å²) < 4.78 is 1.21. The van der Waals surface area contributed by atoms with Crippen LogP contribution in [0.4, 0.5) is 5.69 Å². The predicted molar refractivity (Wildman–Crippen MR) is 97.1 cm³/mol. The largest absolute Gasteiger partial charge is 0.326 e. The minimum absolute atomic E-state index is 0.0727. The van der Waals surface area contributed by atoms with E-state index in [1.807, 2.05) is 50.2 Å². The number of aromatic nitrogens is 1. The summed E-state index contributed by atoms with van der Waals surface area (Å²) in [5.74, 6) is 0.0727. The van der Waals surface area contributed by atoms with E-state index < -0.39 is 0 Å². The van der Waals surface area contributed by atoms with E-state index >= 15 is 0 Å². The van der Waals surface area contributed by atoms with Gasteiger partial charge in [-0.05, 0) is 49.9 Å². The average Bonchev–Trinajstić information content (AvgIpc) is 2.94. The van der Waals surface area contributed by atoms with E-state index in [4.69, 9.17) is 0 Å². The van der Waals surface area contributed by atoms with Crippen LogP contribution in [0.2, 0.25) is 0 Å². The Kier molecular flexibility index (Phi) is 4.72. The van der Waals surface area contributed by atoms with Crippen LogP contribution in [-0.4, -0.2) is 10.9 Å². The lowest BCUT2D eigenvalue weighted by molar-refractivity contribution is -0.116. The second-order valence-corrected chi connectivity index (χ2v) is 6.86. The number of amides is 1. The molecule has 0 unspecified atom stereocenters. The van der Waals surface area contributed by atoms with Crippen LogP contribution in [0.3, 0.4) is 0 Å². The van der Waals surface area contributed by atoms with Gasteiger partial charge in [-0.2, -0.15) is 0 Å². The minimum Gasteiger partial charge on any atom is -0.326 e. The third kappa shape index (κ3) is 3.77. The standard InChI is InChI=1S/C19H20N2OS/c1-13-7-5-8-14(2)19(13)21-17(22)11-6-12-18-20-15-9-3-4-10-16(15)23-18/h3-5,7-10H,6,11-12H2,1-2H3,(H,21,22). The van der Waals surface area contributed by atoms with Crippen LogP contribution in [0.15, 0.2) is 42.5 Å². The summed E-state index contributed by atoms with van der Waals surface area (Å²) >= 11 is 1.71. The molecule has 1 amide bonds. The predicted octanol–water partition coefficient (Wildman–Crippen LogP) is 4.87. The monoisotopic (exact) mass is 324 g/mol. The first-order valence-corrected chi connectivity index (χ1v) is 8.65. The molecule has 0 radical (unpaired) electrons. The number of hydrogen-bond donors (Lipinski definition) is 1. The zero-order valence-electron chi connectivity index (χ0n) is 13.4. The zero-order chi connectivity index (χ0) is 16.2. The highest BCUT2D eigenvalue weighted by molar-refractivity contribution is 7.18. The van der Waals surface area contributed by atoms with Gasteiger partial charge in [0.2, 0.25) is 5.91 Å². The SMILES string of the molecule is Cc1cccc(C)c1NC(=O)CCCc1nc2ccccc2s1. The van der Waals surface area contributed by atoms with Gasteiger partial charge in [0.15, 0.2) is 0 Å². The molecule has 23 heavy (non-hydrogen) atoms. The molecule has 3 aromatic rings. The molecule has 118 valence electrons. The average molecular weight is 324 g/mol. The van der Waals surface area contributed by atoms with E-state index in [0.29, 0.717) is 6.42 Å². The molecule has 3 rings (SSSR count). The summed E-state index contributed by atoms with van der Waals surface area (Å²) in [4.78, 5) is 16.8. The number of aryl methyl sites for hydroxylation is 3. The highest BCUT2D eigenvalue weighted by Gasteiger charge is 2.08. The van der Waals surface area contributed by atoms with Crippen molar-refractivity contribution in [2.75, 3.05) is 5.32 Å². The summed E-state index contributed by atoms with van der Waals surface area (Å²) in [6.45, 7) is 4.04. The van der Waals surface area contributed by atoms with Crippen molar-refractivity contribution in [2.45, 2.75) is 33.1 Å². The van der Waals surface area contributed by atoms with Gasteiger partial charge < -0.3 is 5.32 Å². The van der Waals surface area contributed by atoms with Crippen LogP contribution in [0.1, 0.15) is 29.0 Å². The van der Waals surface area contributed by atoms with Crippen LogP contribution in [0.25, 0.3) is 10.2 Å². The Balaban J connectivity index is 1.55. The lowest BCUT2D eigenvalue weighted by Crippen LogP contribution is -2.13. The smallest absolute Gasteiger partial charge is 0.224 e. The first-order chi connectivity index (χ1) is 11.1. The van der Waals surface area contributed by atoms with E-state index in [9.17, 15) is 4.79 Å². The second-order valence-electron chi connectivity index (χ2n) is 5.74. The molecule has 2 aromatic carbocycles. The summed E-state index contributed by atoms with van der Waals surface area (Å²) in [5.41, 5.74) is 4.19. The van der Waals surface area contributed by atoms with Crippen LogP contribution in [0.5, 0.6) is 0 Å². The minimum atomic E-state index is 0.0727. The third-order valence-corrected chi connectivity index (χ3v) is 4.97. The van der Waals surface area contributed by atoms with E-state index in [0.717, 1.165) is 40.2 Å². The van der Waals surface area contributed by atoms with Crippen LogP contribution < -0.4 is 5.32 Å². The number of carbonyl (C=O) groups is 1. The van der Waals surface area contributed by atoms with Gasteiger partial charge in [-0.1, -0.05) is 30.3 Å². The molecule has 0 bridgehead atoms. The summed E-state index contributed by atoms with van der Waals surface area (Å²) in [7, 11) is 0. The number of para-hydroxylation sites is 2. The molecular formula is C19H20N2OS. The summed E-state index contributed by atoms with van der Waals surface area (Å²) in [6.07, 6.45) is 2.18. The number of fused-ring (bicyclic) bond motifs is 1. The number of anilines is 1. The van der Waals surface area contributed by atoms with Crippen molar-refractivity contribution in [1.29, 1.82) is 0 Å². The first kappa shape index (κ1) is 15.7. The molecule has 0 atom stereocenters. The van der Waals surface area contributed by atoms with Crippen molar-refractivity contribution < 1.29 is 4.79 Å². The number of thiazole rings is 1. The summed E-state index contributed by atoms with van der Waals surface area (Å²) in [5, 5.41) is 4.14. The molecule has 3 nitrogen and oxygen atoms in total. The molecule has 4 heteroatoms. The molecule has 0 aliphatic carbocycles. The fourth-order valence-corrected chi connectivity index (χ4v) is 3.65.